The molecule has 0 radical (unpaired) electrons. The van der Waals surface area contributed by atoms with Gasteiger partial charge in [-0.1, -0.05) is 13.8 Å². The SMILES string of the molecule is CCCN(CCC)C(=O)c1nc(C(=O)NCc2ccco2)c2n1CCCC2. The lowest BCUT2D eigenvalue weighted by Crippen LogP contribution is -2.35. The van der Waals surface area contributed by atoms with Crippen LogP contribution in [0.3, 0.4) is 0 Å². The van der Waals surface area contributed by atoms with Crippen molar-refractivity contribution in [1.29, 1.82) is 0 Å². The van der Waals surface area contributed by atoms with E-state index < -0.39 is 0 Å². The Bertz CT molecular complexity index is 774. The minimum Gasteiger partial charge on any atom is -0.467 e. The molecule has 2 aromatic rings. The third kappa shape index (κ3) is 4.23. The van der Waals surface area contributed by atoms with Gasteiger partial charge in [0.25, 0.3) is 11.8 Å². The Balaban J connectivity index is 1.85. The zero-order valence-electron chi connectivity index (χ0n) is 16.2. The van der Waals surface area contributed by atoms with E-state index in [1.165, 1.54) is 0 Å². The predicted molar refractivity (Wildman–Crippen MR) is 102 cm³/mol. The first-order valence-corrected chi connectivity index (χ1v) is 9.85. The molecule has 3 heterocycles. The van der Waals surface area contributed by atoms with Crippen molar-refractivity contribution in [1.82, 2.24) is 19.8 Å². The van der Waals surface area contributed by atoms with Crippen LogP contribution in [0, 0.1) is 0 Å². The van der Waals surface area contributed by atoms with E-state index in [9.17, 15) is 9.59 Å². The van der Waals surface area contributed by atoms with Crippen molar-refractivity contribution in [2.45, 2.75) is 59.0 Å². The molecule has 1 N–H and O–H groups in total. The topological polar surface area (TPSA) is 80.4 Å². The van der Waals surface area contributed by atoms with Crippen molar-refractivity contribution in [3.63, 3.8) is 0 Å². The van der Waals surface area contributed by atoms with Gasteiger partial charge in [0.1, 0.15) is 11.5 Å². The fourth-order valence-corrected chi connectivity index (χ4v) is 3.55. The molecule has 146 valence electrons. The molecular formula is C20H28N4O3. The second-order valence-electron chi connectivity index (χ2n) is 6.89. The maximum Gasteiger partial charge on any atom is 0.289 e. The second kappa shape index (κ2) is 8.88. The van der Waals surface area contributed by atoms with Crippen molar-refractivity contribution in [2.24, 2.45) is 0 Å². The molecule has 27 heavy (non-hydrogen) atoms. The van der Waals surface area contributed by atoms with Crippen LogP contribution in [0.4, 0.5) is 0 Å². The molecule has 0 atom stereocenters. The van der Waals surface area contributed by atoms with E-state index in [4.69, 9.17) is 4.42 Å². The summed E-state index contributed by atoms with van der Waals surface area (Å²) >= 11 is 0. The lowest BCUT2D eigenvalue weighted by Gasteiger charge is -2.23. The Hall–Kier alpha value is -2.57. The van der Waals surface area contributed by atoms with Crippen molar-refractivity contribution >= 4 is 11.8 Å². The smallest absolute Gasteiger partial charge is 0.289 e. The molecule has 7 nitrogen and oxygen atoms in total. The highest BCUT2D eigenvalue weighted by Crippen LogP contribution is 2.22. The molecule has 0 bridgehead atoms. The summed E-state index contributed by atoms with van der Waals surface area (Å²) in [5, 5.41) is 2.85. The number of furan rings is 1. The fraction of sp³-hybridized carbons (Fsp3) is 0.550. The third-order valence-corrected chi connectivity index (χ3v) is 4.80. The Morgan fingerprint density at radius 1 is 1.26 bits per heavy atom. The normalized spacial score (nSPS) is 13.3. The number of fused-ring (bicyclic) bond motifs is 1. The summed E-state index contributed by atoms with van der Waals surface area (Å²) < 4.78 is 7.21. The molecule has 0 unspecified atom stereocenters. The molecule has 0 aromatic carbocycles. The van der Waals surface area contributed by atoms with E-state index in [1.807, 2.05) is 15.5 Å². The first-order valence-electron chi connectivity index (χ1n) is 9.85. The largest absolute Gasteiger partial charge is 0.467 e. The molecule has 2 aromatic heterocycles. The van der Waals surface area contributed by atoms with Gasteiger partial charge < -0.3 is 19.2 Å². The highest BCUT2D eigenvalue weighted by molar-refractivity contribution is 5.97. The van der Waals surface area contributed by atoms with E-state index in [1.54, 1.807) is 12.3 Å². The molecule has 7 heteroatoms. The fourth-order valence-electron chi connectivity index (χ4n) is 3.55. The van der Waals surface area contributed by atoms with E-state index in [0.29, 0.717) is 36.9 Å². The summed E-state index contributed by atoms with van der Waals surface area (Å²) in [6.45, 7) is 6.57. The number of carbonyl (C=O) groups is 2. The van der Waals surface area contributed by atoms with Gasteiger partial charge in [-0.2, -0.15) is 0 Å². The number of imidazole rings is 1. The third-order valence-electron chi connectivity index (χ3n) is 4.80. The summed E-state index contributed by atoms with van der Waals surface area (Å²) in [5.41, 5.74) is 1.24. The summed E-state index contributed by atoms with van der Waals surface area (Å²) in [4.78, 5) is 32.1. The number of carbonyl (C=O) groups excluding carboxylic acids is 2. The molecule has 0 fully saturated rings. The van der Waals surface area contributed by atoms with Crippen molar-refractivity contribution in [3.8, 4) is 0 Å². The minimum atomic E-state index is -0.256. The van der Waals surface area contributed by atoms with E-state index in [0.717, 1.165) is 44.3 Å². The quantitative estimate of drug-likeness (QED) is 0.772. The van der Waals surface area contributed by atoms with Crippen LogP contribution in [0.5, 0.6) is 0 Å². The Morgan fingerprint density at radius 3 is 2.70 bits per heavy atom. The zero-order chi connectivity index (χ0) is 19.2. The minimum absolute atomic E-state index is 0.0769. The molecule has 0 saturated carbocycles. The van der Waals surface area contributed by atoms with Crippen LogP contribution in [0.1, 0.15) is 72.1 Å². The van der Waals surface area contributed by atoms with Crippen LogP contribution >= 0.6 is 0 Å². The maximum absolute atomic E-state index is 13.1. The van der Waals surface area contributed by atoms with Crippen LogP contribution in [-0.4, -0.2) is 39.4 Å². The molecule has 2 amide bonds. The molecule has 3 rings (SSSR count). The van der Waals surface area contributed by atoms with Crippen LogP contribution < -0.4 is 5.32 Å². The maximum atomic E-state index is 13.1. The molecule has 0 spiro atoms. The number of hydrogen-bond donors (Lipinski definition) is 1. The predicted octanol–water partition coefficient (Wildman–Crippen LogP) is 3.00. The number of aromatic nitrogens is 2. The molecular weight excluding hydrogens is 344 g/mol. The summed E-state index contributed by atoms with van der Waals surface area (Å²) in [7, 11) is 0. The lowest BCUT2D eigenvalue weighted by molar-refractivity contribution is 0.0737. The molecule has 0 saturated heterocycles. The average molecular weight is 372 g/mol. The van der Waals surface area contributed by atoms with Crippen LogP contribution in [0.2, 0.25) is 0 Å². The van der Waals surface area contributed by atoms with Crippen LogP contribution in [-0.2, 0) is 19.5 Å². The molecule has 1 aliphatic rings. The van der Waals surface area contributed by atoms with Crippen LogP contribution in [0.25, 0.3) is 0 Å². The summed E-state index contributed by atoms with van der Waals surface area (Å²) in [6, 6.07) is 3.60. The second-order valence-corrected chi connectivity index (χ2v) is 6.89. The Kier molecular flexibility index (Phi) is 6.32. The highest BCUT2D eigenvalue weighted by Gasteiger charge is 2.29. The number of nitrogens with zero attached hydrogens (tertiary/aromatic N) is 3. The number of amides is 2. The van der Waals surface area contributed by atoms with Crippen molar-refractivity contribution in [2.75, 3.05) is 13.1 Å². The van der Waals surface area contributed by atoms with E-state index >= 15 is 0 Å². The summed E-state index contributed by atoms with van der Waals surface area (Å²) in [5.74, 6) is 0.750. The Morgan fingerprint density at radius 2 is 2.04 bits per heavy atom. The van der Waals surface area contributed by atoms with Crippen molar-refractivity contribution in [3.05, 3.63) is 41.4 Å². The monoisotopic (exact) mass is 372 g/mol. The molecule has 0 aliphatic carbocycles. The van der Waals surface area contributed by atoms with Gasteiger partial charge >= 0.3 is 0 Å². The van der Waals surface area contributed by atoms with Crippen molar-refractivity contribution < 1.29 is 14.0 Å². The highest BCUT2D eigenvalue weighted by atomic mass is 16.3. The van der Waals surface area contributed by atoms with Gasteiger partial charge in [0.2, 0.25) is 0 Å². The average Bonchev–Trinajstić information content (AvgIpc) is 3.33. The van der Waals surface area contributed by atoms with Gasteiger partial charge in [-0.3, -0.25) is 9.59 Å². The number of nitrogens with one attached hydrogen (secondary N) is 1. The van der Waals surface area contributed by atoms with E-state index in [-0.39, 0.29) is 11.8 Å². The molecule has 1 aliphatic heterocycles. The number of hydrogen-bond acceptors (Lipinski definition) is 4. The first kappa shape index (κ1) is 19.2. The summed E-state index contributed by atoms with van der Waals surface area (Å²) in [6.07, 6.45) is 6.15. The number of rotatable bonds is 8. The van der Waals surface area contributed by atoms with E-state index in [2.05, 4.69) is 24.1 Å². The standard InChI is InChI=1S/C20H28N4O3/c1-3-10-23(11-4-2)20(26)18-22-17(16-9-5-6-12-24(16)18)19(25)21-14-15-8-7-13-27-15/h7-8,13H,3-6,9-12,14H2,1-2H3,(H,21,25). The zero-order valence-corrected chi connectivity index (χ0v) is 16.2. The van der Waals surface area contributed by atoms with Gasteiger partial charge in [0.15, 0.2) is 5.82 Å². The van der Waals surface area contributed by atoms with Gasteiger partial charge in [-0.05, 0) is 44.2 Å². The lowest BCUT2D eigenvalue weighted by atomic mass is 10.1. The van der Waals surface area contributed by atoms with Gasteiger partial charge in [-0.25, -0.2) is 4.98 Å². The van der Waals surface area contributed by atoms with Gasteiger partial charge in [-0.15, -0.1) is 0 Å². The van der Waals surface area contributed by atoms with Gasteiger partial charge in [0.05, 0.1) is 18.5 Å². The van der Waals surface area contributed by atoms with Crippen LogP contribution in [0.15, 0.2) is 22.8 Å². The first-order chi connectivity index (χ1) is 13.2. The Labute approximate surface area is 159 Å². The van der Waals surface area contributed by atoms with Gasteiger partial charge in [0, 0.05) is 19.6 Å².